The van der Waals surface area contributed by atoms with Crippen LogP contribution in [0.4, 0.5) is 21.0 Å². The first kappa shape index (κ1) is 23.9. The van der Waals surface area contributed by atoms with Gasteiger partial charge >= 0.3 is 12.1 Å². The van der Waals surface area contributed by atoms with Gasteiger partial charge in [-0.2, -0.15) is 0 Å². The van der Waals surface area contributed by atoms with E-state index in [2.05, 4.69) is 10.6 Å². The molecule has 0 spiro atoms. The summed E-state index contributed by atoms with van der Waals surface area (Å²) in [7, 11) is 0. The van der Waals surface area contributed by atoms with Crippen LogP contribution in [-0.2, 0) is 6.42 Å². The Bertz CT molecular complexity index is 1110. The molecule has 1 atom stereocenters. The summed E-state index contributed by atoms with van der Waals surface area (Å²) in [6.45, 7) is 7.54. The lowest BCUT2D eigenvalue weighted by Crippen LogP contribution is -2.50. The molecule has 0 fully saturated rings. The van der Waals surface area contributed by atoms with Gasteiger partial charge in [-0.3, -0.25) is 0 Å². The van der Waals surface area contributed by atoms with E-state index in [4.69, 9.17) is 0 Å². The number of hydrogen-bond acceptors (Lipinski definition) is 2. The number of nitrogens with one attached hydrogen (secondary N) is 2. The highest BCUT2D eigenvalue weighted by molar-refractivity contribution is 6.02. The van der Waals surface area contributed by atoms with Crippen molar-refractivity contribution in [1.29, 1.82) is 0 Å². The third kappa shape index (κ3) is 6.35. The smallest absolute Gasteiger partial charge is 0.407 e. The molecule has 0 aliphatic heterocycles. The molecule has 0 aromatic heterocycles. The van der Waals surface area contributed by atoms with E-state index in [9.17, 15) is 14.7 Å². The van der Waals surface area contributed by atoms with Gasteiger partial charge in [-0.25, -0.2) is 9.59 Å². The minimum absolute atomic E-state index is 0.218. The molecule has 0 heterocycles. The number of nitrogens with zero attached hydrogens (tertiary/aromatic N) is 1. The zero-order valence-corrected chi connectivity index (χ0v) is 19.5. The molecule has 0 radical (unpaired) electrons. The van der Waals surface area contributed by atoms with Crippen molar-refractivity contribution in [3.63, 3.8) is 0 Å². The lowest BCUT2D eigenvalue weighted by Gasteiger charge is -2.38. The summed E-state index contributed by atoms with van der Waals surface area (Å²) in [4.78, 5) is 25.9. The van der Waals surface area contributed by atoms with Crippen LogP contribution in [0.1, 0.15) is 33.3 Å². The summed E-state index contributed by atoms with van der Waals surface area (Å²) in [6.07, 6.45) is -0.405. The van der Waals surface area contributed by atoms with Crippen molar-refractivity contribution in [3.8, 4) is 11.1 Å². The van der Waals surface area contributed by atoms with Gasteiger partial charge in [0.15, 0.2) is 0 Å². The topological polar surface area (TPSA) is 81.7 Å². The Kier molecular flexibility index (Phi) is 7.38. The average molecular weight is 446 g/mol. The molecule has 3 rings (SSSR count). The number of rotatable bonds is 6. The quantitative estimate of drug-likeness (QED) is 0.394. The Hall–Kier alpha value is -3.80. The Balaban J connectivity index is 1.70. The Morgan fingerprint density at radius 1 is 0.909 bits per heavy atom. The second-order valence-electron chi connectivity index (χ2n) is 9.07. The van der Waals surface area contributed by atoms with Crippen LogP contribution in [0.25, 0.3) is 11.1 Å². The normalized spacial score (nSPS) is 12.0. The highest BCUT2D eigenvalue weighted by Crippen LogP contribution is 2.28. The molecule has 0 aliphatic rings. The van der Waals surface area contributed by atoms with Gasteiger partial charge in [0.25, 0.3) is 0 Å². The van der Waals surface area contributed by atoms with E-state index in [1.165, 1.54) is 4.90 Å². The predicted molar refractivity (Wildman–Crippen MR) is 134 cm³/mol. The van der Waals surface area contributed by atoms with Gasteiger partial charge in [-0.1, -0.05) is 60.7 Å². The monoisotopic (exact) mass is 445 g/mol. The van der Waals surface area contributed by atoms with Crippen molar-refractivity contribution in [2.75, 3.05) is 10.6 Å². The highest BCUT2D eigenvalue weighted by atomic mass is 16.4. The van der Waals surface area contributed by atoms with Crippen molar-refractivity contribution in [2.24, 2.45) is 0 Å². The van der Waals surface area contributed by atoms with Crippen LogP contribution < -0.4 is 10.6 Å². The lowest BCUT2D eigenvalue weighted by atomic mass is 9.99. The molecule has 3 amide bonds. The number of carboxylic acid groups (broad SMARTS) is 1. The molecule has 0 saturated heterocycles. The molecule has 3 aromatic carbocycles. The molecule has 3 aromatic rings. The van der Waals surface area contributed by atoms with Crippen LogP contribution in [-0.4, -0.2) is 33.7 Å². The van der Waals surface area contributed by atoms with Gasteiger partial charge in [-0.15, -0.1) is 0 Å². The SMILES string of the molecule is CC(Cc1cccc(NC(=O)Nc2ccccc2-c2ccccc2)c1)N(C(=O)O)C(C)(C)C. The fourth-order valence-corrected chi connectivity index (χ4v) is 4.09. The van der Waals surface area contributed by atoms with Crippen molar-refractivity contribution in [2.45, 2.75) is 45.7 Å². The Morgan fingerprint density at radius 2 is 1.58 bits per heavy atom. The molecule has 33 heavy (non-hydrogen) atoms. The van der Waals surface area contributed by atoms with Crippen molar-refractivity contribution in [3.05, 3.63) is 84.4 Å². The minimum Gasteiger partial charge on any atom is -0.465 e. The van der Waals surface area contributed by atoms with E-state index < -0.39 is 11.6 Å². The molecule has 3 N–H and O–H groups in total. The molecule has 0 aliphatic carbocycles. The third-order valence-electron chi connectivity index (χ3n) is 5.35. The molecule has 6 nitrogen and oxygen atoms in total. The van der Waals surface area contributed by atoms with Crippen LogP contribution in [0, 0.1) is 0 Å². The van der Waals surface area contributed by atoms with E-state index in [0.717, 1.165) is 16.7 Å². The van der Waals surface area contributed by atoms with Gasteiger partial charge in [-0.05, 0) is 63.4 Å². The number of anilines is 2. The standard InChI is InChI=1S/C27H31N3O3/c1-19(30(26(32)33)27(2,3)4)17-20-11-10-14-22(18-20)28-25(31)29-24-16-9-8-15-23(24)21-12-6-5-7-13-21/h5-16,18-19H,17H2,1-4H3,(H,32,33)(H2,28,29,31). The number of carbonyl (C=O) groups excluding carboxylic acids is 1. The van der Waals surface area contributed by atoms with Gasteiger partial charge < -0.3 is 20.6 Å². The van der Waals surface area contributed by atoms with Crippen molar-refractivity contribution >= 4 is 23.5 Å². The number of urea groups is 1. The van der Waals surface area contributed by atoms with Crippen LogP contribution in [0.15, 0.2) is 78.9 Å². The summed E-state index contributed by atoms with van der Waals surface area (Å²) in [5.74, 6) is 0. The largest absolute Gasteiger partial charge is 0.465 e. The number of amides is 3. The van der Waals surface area contributed by atoms with Gasteiger partial charge in [0.2, 0.25) is 0 Å². The van der Waals surface area contributed by atoms with Crippen LogP contribution in [0.5, 0.6) is 0 Å². The van der Waals surface area contributed by atoms with Crippen LogP contribution in [0.3, 0.4) is 0 Å². The summed E-state index contributed by atoms with van der Waals surface area (Å²) in [5, 5.41) is 15.5. The van der Waals surface area contributed by atoms with E-state index in [-0.39, 0.29) is 12.1 Å². The highest BCUT2D eigenvalue weighted by Gasteiger charge is 2.30. The maximum Gasteiger partial charge on any atom is 0.407 e. The average Bonchev–Trinajstić information content (AvgIpc) is 2.73. The van der Waals surface area contributed by atoms with Crippen LogP contribution >= 0.6 is 0 Å². The maximum atomic E-state index is 12.7. The molecule has 6 heteroatoms. The summed E-state index contributed by atoms with van der Waals surface area (Å²) in [6, 6.07) is 24.5. The minimum atomic E-state index is -0.944. The summed E-state index contributed by atoms with van der Waals surface area (Å²) >= 11 is 0. The number of para-hydroxylation sites is 1. The zero-order chi connectivity index (χ0) is 24.0. The van der Waals surface area contributed by atoms with Gasteiger partial charge in [0.05, 0.1) is 5.69 Å². The van der Waals surface area contributed by atoms with Gasteiger partial charge in [0.1, 0.15) is 0 Å². The number of hydrogen-bond donors (Lipinski definition) is 3. The fraction of sp³-hybridized carbons (Fsp3) is 0.259. The summed E-state index contributed by atoms with van der Waals surface area (Å²) < 4.78 is 0. The first-order valence-electron chi connectivity index (χ1n) is 11.0. The first-order valence-corrected chi connectivity index (χ1v) is 11.0. The second-order valence-corrected chi connectivity index (χ2v) is 9.07. The number of benzene rings is 3. The fourth-order valence-electron chi connectivity index (χ4n) is 4.09. The Morgan fingerprint density at radius 3 is 2.24 bits per heavy atom. The maximum absolute atomic E-state index is 12.7. The zero-order valence-electron chi connectivity index (χ0n) is 19.5. The molecule has 172 valence electrons. The summed E-state index contributed by atoms with van der Waals surface area (Å²) in [5.41, 5.74) is 3.76. The molecule has 1 unspecified atom stereocenters. The van der Waals surface area contributed by atoms with Crippen molar-refractivity contribution < 1.29 is 14.7 Å². The van der Waals surface area contributed by atoms with E-state index in [1.807, 2.05) is 107 Å². The van der Waals surface area contributed by atoms with E-state index >= 15 is 0 Å². The Labute approximate surface area is 195 Å². The third-order valence-corrected chi connectivity index (χ3v) is 5.35. The first-order chi connectivity index (χ1) is 15.6. The van der Waals surface area contributed by atoms with Crippen molar-refractivity contribution in [1.82, 2.24) is 4.90 Å². The van der Waals surface area contributed by atoms with E-state index in [0.29, 0.717) is 17.8 Å². The van der Waals surface area contributed by atoms with Crippen LogP contribution in [0.2, 0.25) is 0 Å². The molecular weight excluding hydrogens is 414 g/mol. The molecule has 0 saturated carbocycles. The lowest BCUT2D eigenvalue weighted by molar-refractivity contribution is 0.0756. The van der Waals surface area contributed by atoms with E-state index in [1.54, 1.807) is 0 Å². The second kappa shape index (κ2) is 10.2. The van der Waals surface area contributed by atoms with Gasteiger partial charge in [0, 0.05) is 22.8 Å². The molecule has 0 bridgehead atoms. The molecular formula is C27H31N3O3. The number of carbonyl (C=O) groups is 2. The predicted octanol–water partition coefficient (Wildman–Crippen LogP) is 6.71.